The highest BCUT2D eigenvalue weighted by Gasteiger charge is 2.34. The summed E-state index contributed by atoms with van der Waals surface area (Å²) in [5, 5.41) is 0. The van der Waals surface area contributed by atoms with Crippen LogP contribution >= 0.6 is 0 Å². The lowest BCUT2D eigenvalue weighted by Gasteiger charge is -2.22. The summed E-state index contributed by atoms with van der Waals surface area (Å²) in [5.74, 6) is 0.133. The maximum Gasteiger partial charge on any atom is 0.256 e. The lowest BCUT2D eigenvalue weighted by Crippen LogP contribution is -2.33. The van der Waals surface area contributed by atoms with E-state index in [0.717, 1.165) is 41.9 Å². The SMILES string of the molecule is Cc1cc(C(=O)N(Cc2cccnc2)C2CC2)c(C)n1Cc1ccccc1. The molecule has 0 unspecified atom stereocenters. The molecule has 0 saturated heterocycles. The van der Waals surface area contributed by atoms with Crippen molar-refractivity contribution in [2.75, 3.05) is 0 Å². The molecule has 1 aliphatic rings. The molecule has 0 radical (unpaired) electrons. The number of aromatic nitrogens is 2. The van der Waals surface area contributed by atoms with E-state index in [9.17, 15) is 4.79 Å². The fraction of sp³-hybridized carbons (Fsp3) is 0.304. The van der Waals surface area contributed by atoms with Crippen LogP contribution in [0.4, 0.5) is 0 Å². The van der Waals surface area contributed by atoms with Gasteiger partial charge < -0.3 is 9.47 Å². The third kappa shape index (κ3) is 3.80. The van der Waals surface area contributed by atoms with Crippen molar-refractivity contribution in [2.24, 2.45) is 0 Å². The standard InChI is InChI=1S/C23H25N3O/c1-17-13-22(18(2)25(17)15-19-7-4-3-5-8-19)23(27)26(21-10-11-21)16-20-9-6-12-24-14-20/h3-9,12-14,21H,10-11,15-16H2,1-2H3. The number of benzene rings is 1. The van der Waals surface area contributed by atoms with Crippen LogP contribution in [0.25, 0.3) is 0 Å². The van der Waals surface area contributed by atoms with Gasteiger partial charge in [-0.05, 0) is 49.9 Å². The van der Waals surface area contributed by atoms with Crippen LogP contribution in [-0.4, -0.2) is 26.4 Å². The van der Waals surface area contributed by atoms with Gasteiger partial charge in [0.15, 0.2) is 0 Å². The molecule has 2 heterocycles. The van der Waals surface area contributed by atoms with Crippen molar-refractivity contribution in [1.29, 1.82) is 0 Å². The van der Waals surface area contributed by atoms with Crippen LogP contribution in [-0.2, 0) is 13.1 Å². The second-order valence-electron chi connectivity index (χ2n) is 7.38. The lowest BCUT2D eigenvalue weighted by atomic mass is 10.2. The fourth-order valence-electron chi connectivity index (χ4n) is 3.62. The minimum atomic E-state index is 0.133. The Morgan fingerprint density at radius 1 is 1.11 bits per heavy atom. The first kappa shape index (κ1) is 17.5. The Kier molecular flexibility index (Phi) is 4.80. The van der Waals surface area contributed by atoms with Crippen LogP contribution < -0.4 is 0 Å². The Labute approximate surface area is 160 Å². The fourth-order valence-corrected chi connectivity index (χ4v) is 3.62. The van der Waals surface area contributed by atoms with Crippen molar-refractivity contribution in [3.8, 4) is 0 Å². The minimum absolute atomic E-state index is 0.133. The average Bonchev–Trinajstić information content (AvgIpc) is 3.50. The molecular weight excluding hydrogens is 334 g/mol. The highest BCUT2D eigenvalue weighted by atomic mass is 16.2. The highest BCUT2D eigenvalue weighted by molar-refractivity contribution is 5.96. The Morgan fingerprint density at radius 3 is 2.52 bits per heavy atom. The summed E-state index contributed by atoms with van der Waals surface area (Å²) in [6.07, 6.45) is 5.80. The van der Waals surface area contributed by atoms with Gasteiger partial charge in [-0.3, -0.25) is 9.78 Å². The van der Waals surface area contributed by atoms with E-state index in [-0.39, 0.29) is 5.91 Å². The van der Waals surface area contributed by atoms with Crippen LogP contribution in [0.3, 0.4) is 0 Å². The van der Waals surface area contributed by atoms with Crippen LogP contribution in [0, 0.1) is 13.8 Å². The topological polar surface area (TPSA) is 38.1 Å². The number of pyridine rings is 1. The normalized spacial score (nSPS) is 13.6. The molecule has 2 aromatic heterocycles. The zero-order valence-corrected chi connectivity index (χ0v) is 15.9. The molecule has 1 amide bonds. The molecule has 0 spiro atoms. The highest BCUT2D eigenvalue weighted by Crippen LogP contribution is 2.31. The first-order valence-electron chi connectivity index (χ1n) is 9.54. The molecular formula is C23H25N3O. The van der Waals surface area contributed by atoms with Gasteiger partial charge in [-0.25, -0.2) is 0 Å². The van der Waals surface area contributed by atoms with E-state index in [2.05, 4.69) is 47.7 Å². The van der Waals surface area contributed by atoms with Crippen LogP contribution in [0.5, 0.6) is 0 Å². The summed E-state index contributed by atoms with van der Waals surface area (Å²) in [6.45, 7) is 5.55. The molecule has 0 atom stereocenters. The number of amides is 1. The van der Waals surface area contributed by atoms with Crippen molar-refractivity contribution < 1.29 is 4.79 Å². The van der Waals surface area contributed by atoms with E-state index >= 15 is 0 Å². The van der Waals surface area contributed by atoms with Gasteiger partial charge in [-0.15, -0.1) is 0 Å². The molecule has 1 aromatic carbocycles. The van der Waals surface area contributed by atoms with Crippen molar-refractivity contribution in [2.45, 2.75) is 45.8 Å². The number of aryl methyl sites for hydroxylation is 1. The number of carbonyl (C=O) groups is 1. The number of hydrogen-bond donors (Lipinski definition) is 0. The summed E-state index contributed by atoms with van der Waals surface area (Å²) in [7, 11) is 0. The van der Waals surface area contributed by atoms with Gasteiger partial charge in [-0.1, -0.05) is 36.4 Å². The predicted molar refractivity (Wildman–Crippen MR) is 107 cm³/mol. The van der Waals surface area contributed by atoms with Crippen molar-refractivity contribution in [3.63, 3.8) is 0 Å². The molecule has 1 fully saturated rings. The van der Waals surface area contributed by atoms with Gasteiger partial charge in [0.25, 0.3) is 5.91 Å². The Bertz CT molecular complexity index is 927. The number of hydrogen-bond acceptors (Lipinski definition) is 2. The second kappa shape index (κ2) is 7.39. The summed E-state index contributed by atoms with van der Waals surface area (Å²) in [6, 6.07) is 16.7. The maximum absolute atomic E-state index is 13.4. The number of nitrogens with zero attached hydrogens (tertiary/aromatic N) is 3. The van der Waals surface area contributed by atoms with E-state index < -0.39 is 0 Å². The Morgan fingerprint density at radius 2 is 1.85 bits per heavy atom. The Balaban J connectivity index is 1.60. The first-order valence-corrected chi connectivity index (χ1v) is 9.54. The zero-order chi connectivity index (χ0) is 18.8. The molecule has 3 aromatic rings. The molecule has 4 nitrogen and oxygen atoms in total. The number of rotatable bonds is 6. The van der Waals surface area contributed by atoms with E-state index in [0.29, 0.717) is 12.6 Å². The van der Waals surface area contributed by atoms with Gasteiger partial charge in [0.2, 0.25) is 0 Å². The zero-order valence-electron chi connectivity index (χ0n) is 15.9. The van der Waals surface area contributed by atoms with Crippen LogP contribution in [0.15, 0.2) is 60.9 Å². The van der Waals surface area contributed by atoms with Crippen LogP contribution in [0.2, 0.25) is 0 Å². The number of carbonyl (C=O) groups excluding carboxylic acids is 1. The molecule has 4 rings (SSSR count). The minimum Gasteiger partial charge on any atom is -0.344 e. The van der Waals surface area contributed by atoms with Crippen molar-refractivity contribution in [3.05, 3.63) is 89.0 Å². The third-order valence-electron chi connectivity index (χ3n) is 5.31. The Hall–Kier alpha value is -2.88. The van der Waals surface area contributed by atoms with Gasteiger partial charge >= 0.3 is 0 Å². The molecule has 0 N–H and O–H groups in total. The lowest BCUT2D eigenvalue weighted by molar-refractivity contribution is 0.0729. The molecule has 138 valence electrons. The van der Waals surface area contributed by atoms with Gasteiger partial charge in [-0.2, -0.15) is 0 Å². The smallest absolute Gasteiger partial charge is 0.256 e. The molecule has 27 heavy (non-hydrogen) atoms. The van der Waals surface area contributed by atoms with E-state index in [1.54, 1.807) is 6.20 Å². The maximum atomic E-state index is 13.4. The van der Waals surface area contributed by atoms with E-state index in [1.165, 1.54) is 5.56 Å². The van der Waals surface area contributed by atoms with Crippen molar-refractivity contribution >= 4 is 5.91 Å². The third-order valence-corrected chi connectivity index (χ3v) is 5.31. The second-order valence-corrected chi connectivity index (χ2v) is 7.38. The van der Waals surface area contributed by atoms with Gasteiger partial charge in [0.05, 0.1) is 5.56 Å². The summed E-state index contributed by atoms with van der Waals surface area (Å²) >= 11 is 0. The average molecular weight is 359 g/mol. The van der Waals surface area contributed by atoms with Gasteiger partial charge in [0.1, 0.15) is 0 Å². The predicted octanol–water partition coefficient (Wildman–Crippen LogP) is 4.35. The van der Waals surface area contributed by atoms with Crippen molar-refractivity contribution in [1.82, 2.24) is 14.5 Å². The molecule has 1 aliphatic carbocycles. The molecule has 0 aliphatic heterocycles. The van der Waals surface area contributed by atoms with Crippen LogP contribution in [0.1, 0.15) is 45.7 Å². The molecule has 4 heteroatoms. The summed E-state index contributed by atoms with van der Waals surface area (Å²) in [5.41, 5.74) is 5.30. The quantitative estimate of drug-likeness (QED) is 0.656. The van der Waals surface area contributed by atoms with E-state index in [1.807, 2.05) is 35.4 Å². The summed E-state index contributed by atoms with van der Waals surface area (Å²) in [4.78, 5) is 19.6. The first-order chi connectivity index (χ1) is 13.1. The largest absolute Gasteiger partial charge is 0.344 e. The summed E-state index contributed by atoms with van der Waals surface area (Å²) < 4.78 is 2.23. The van der Waals surface area contributed by atoms with E-state index in [4.69, 9.17) is 0 Å². The molecule has 0 bridgehead atoms. The monoisotopic (exact) mass is 359 g/mol. The molecule has 1 saturated carbocycles. The van der Waals surface area contributed by atoms with Gasteiger partial charge in [0, 0.05) is 42.9 Å².